The van der Waals surface area contributed by atoms with Crippen LogP contribution in [0.15, 0.2) is 23.4 Å². The summed E-state index contributed by atoms with van der Waals surface area (Å²) >= 11 is 1.36. The molecule has 0 spiro atoms. The van der Waals surface area contributed by atoms with E-state index in [0.29, 0.717) is 16.8 Å². The van der Waals surface area contributed by atoms with E-state index in [1.54, 1.807) is 0 Å². The summed E-state index contributed by atoms with van der Waals surface area (Å²) in [6.45, 7) is 4.04. The molecular weight excluding hydrogens is 284 g/mol. The Bertz CT molecular complexity index is 663. The third-order valence-electron chi connectivity index (χ3n) is 3.66. The molecule has 21 heavy (non-hydrogen) atoms. The predicted molar refractivity (Wildman–Crippen MR) is 83.6 cm³/mol. The highest BCUT2D eigenvalue weighted by Gasteiger charge is 2.27. The Morgan fingerprint density at radius 1 is 1.43 bits per heavy atom. The molecule has 1 aliphatic carbocycles. The molecule has 1 amide bonds. The molecule has 1 heterocycles. The number of benzene rings is 1. The van der Waals surface area contributed by atoms with E-state index in [0.717, 1.165) is 17.1 Å². The number of amides is 1. The lowest BCUT2D eigenvalue weighted by Crippen LogP contribution is -2.15. The average molecular weight is 302 g/mol. The van der Waals surface area contributed by atoms with Crippen molar-refractivity contribution in [2.45, 2.75) is 37.8 Å². The molecule has 0 aliphatic heterocycles. The van der Waals surface area contributed by atoms with Crippen LogP contribution in [0.25, 0.3) is 0 Å². The van der Waals surface area contributed by atoms with E-state index in [9.17, 15) is 4.79 Å². The number of carbonyl (C=O) groups is 1. The average Bonchev–Trinajstić information content (AvgIpc) is 3.21. The molecule has 5 nitrogen and oxygen atoms in total. The molecule has 0 radical (unpaired) electrons. The van der Waals surface area contributed by atoms with Crippen LogP contribution in [-0.4, -0.2) is 26.8 Å². The van der Waals surface area contributed by atoms with E-state index >= 15 is 0 Å². The number of aromatic nitrogens is 3. The second-order valence-corrected chi connectivity index (χ2v) is 6.30. The van der Waals surface area contributed by atoms with E-state index in [2.05, 4.69) is 20.5 Å². The number of hydrogen-bond acceptors (Lipinski definition) is 4. The monoisotopic (exact) mass is 302 g/mol. The molecule has 0 saturated heterocycles. The molecule has 6 heteroatoms. The van der Waals surface area contributed by atoms with Crippen molar-refractivity contribution in [1.29, 1.82) is 0 Å². The Labute approximate surface area is 127 Å². The Balaban J connectivity index is 1.54. The summed E-state index contributed by atoms with van der Waals surface area (Å²) in [5.41, 5.74) is 3.14. The van der Waals surface area contributed by atoms with Gasteiger partial charge in [-0.2, -0.15) is 0 Å². The number of H-pyrrole nitrogens is 1. The smallest absolute Gasteiger partial charge is 0.234 e. The van der Waals surface area contributed by atoms with Gasteiger partial charge in [0.1, 0.15) is 5.82 Å². The standard InChI is InChI=1S/C15H18N4OS/c1-9-4-3-5-12(10(9)2)16-13(20)8-21-15-17-14(18-19-15)11-6-7-11/h3-5,11H,6-8H2,1-2H3,(H,16,20)(H,17,18,19). The molecule has 1 saturated carbocycles. The molecule has 0 atom stereocenters. The number of nitrogens with one attached hydrogen (secondary N) is 2. The number of carbonyl (C=O) groups excluding carboxylic acids is 1. The highest BCUT2D eigenvalue weighted by Crippen LogP contribution is 2.38. The molecule has 110 valence electrons. The molecule has 1 aromatic carbocycles. The molecule has 2 N–H and O–H groups in total. The normalized spacial score (nSPS) is 14.2. The predicted octanol–water partition coefficient (Wildman–Crippen LogP) is 3.03. The molecule has 1 aliphatic rings. The van der Waals surface area contributed by atoms with Gasteiger partial charge < -0.3 is 5.32 Å². The minimum absolute atomic E-state index is 0.0357. The van der Waals surface area contributed by atoms with Crippen molar-refractivity contribution < 1.29 is 4.79 Å². The van der Waals surface area contributed by atoms with Crippen LogP contribution in [0.5, 0.6) is 0 Å². The SMILES string of the molecule is Cc1cccc(NC(=O)CSc2n[nH]c(C3CC3)n2)c1C. The van der Waals surface area contributed by atoms with Crippen molar-refractivity contribution in [3.05, 3.63) is 35.2 Å². The summed E-state index contributed by atoms with van der Waals surface area (Å²) in [6.07, 6.45) is 2.37. The largest absolute Gasteiger partial charge is 0.325 e. The Morgan fingerprint density at radius 2 is 2.24 bits per heavy atom. The van der Waals surface area contributed by atoms with E-state index in [1.807, 2.05) is 32.0 Å². The minimum Gasteiger partial charge on any atom is -0.325 e. The topological polar surface area (TPSA) is 70.7 Å². The first-order valence-corrected chi connectivity index (χ1v) is 8.03. The second kappa shape index (κ2) is 5.89. The fraction of sp³-hybridized carbons (Fsp3) is 0.400. The van der Waals surface area contributed by atoms with Gasteiger partial charge in [0.05, 0.1) is 5.75 Å². The highest BCUT2D eigenvalue weighted by molar-refractivity contribution is 7.99. The fourth-order valence-corrected chi connectivity index (χ4v) is 2.67. The van der Waals surface area contributed by atoms with Gasteiger partial charge in [-0.15, -0.1) is 5.10 Å². The summed E-state index contributed by atoms with van der Waals surface area (Å²) in [5, 5.41) is 10.7. The van der Waals surface area contributed by atoms with Gasteiger partial charge in [-0.1, -0.05) is 23.9 Å². The van der Waals surface area contributed by atoms with Gasteiger partial charge in [0, 0.05) is 11.6 Å². The van der Waals surface area contributed by atoms with Gasteiger partial charge in [0.15, 0.2) is 0 Å². The van der Waals surface area contributed by atoms with E-state index in [1.165, 1.54) is 30.2 Å². The Morgan fingerprint density at radius 3 is 3.00 bits per heavy atom. The summed E-state index contributed by atoms with van der Waals surface area (Å²) in [4.78, 5) is 16.4. The van der Waals surface area contributed by atoms with Crippen LogP contribution in [0.2, 0.25) is 0 Å². The third-order valence-corrected chi connectivity index (χ3v) is 4.50. The van der Waals surface area contributed by atoms with Crippen LogP contribution in [0.3, 0.4) is 0 Å². The first-order valence-electron chi connectivity index (χ1n) is 7.04. The first kappa shape index (κ1) is 14.1. The van der Waals surface area contributed by atoms with E-state index < -0.39 is 0 Å². The molecule has 0 bridgehead atoms. The van der Waals surface area contributed by atoms with E-state index in [4.69, 9.17) is 0 Å². The number of aryl methyl sites for hydroxylation is 1. The van der Waals surface area contributed by atoms with Gasteiger partial charge in [-0.25, -0.2) is 4.98 Å². The maximum atomic E-state index is 12.0. The molecule has 1 aromatic heterocycles. The molecular formula is C15H18N4OS. The van der Waals surface area contributed by atoms with Gasteiger partial charge >= 0.3 is 0 Å². The van der Waals surface area contributed by atoms with Gasteiger partial charge in [-0.05, 0) is 43.9 Å². The van der Waals surface area contributed by atoms with Crippen molar-refractivity contribution in [1.82, 2.24) is 15.2 Å². The van der Waals surface area contributed by atoms with Crippen LogP contribution < -0.4 is 5.32 Å². The number of anilines is 1. The number of aromatic amines is 1. The molecule has 2 aromatic rings. The van der Waals surface area contributed by atoms with Crippen LogP contribution in [-0.2, 0) is 4.79 Å². The number of nitrogens with zero attached hydrogens (tertiary/aromatic N) is 2. The number of hydrogen-bond donors (Lipinski definition) is 2. The summed E-state index contributed by atoms with van der Waals surface area (Å²) in [7, 11) is 0. The summed E-state index contributed by atoms with van der Waals surface area (Å²) in [6, 6.07) is 5.90. The number of thioether (sulfide) groups is 1. The lowest BCUT2D eigenvalue weighted by atomic mass is 10.1. The highest BCUT2D eigenvalue weighted by atomic mass is 32.2. The maximum absolute atomic E-state index is 12.0. The zero-order chi connectivity index (χ0) is 14.8. The van der Waals surface area contributed by atoms with Crippen LogP contribution in [0.1, 0.15) is 35.7 Å². The van der Waals surface area contributed by atoms with Crippen LogP contribution >= 0.6 is 11.8 Å². The fourth-order valence-electron chi connectivity index (χ4n) is 2.06. The van der Waals surface area contributed by atoms with Crippen molar-refractivity contribution in [2.24, 2.45) is 0 Å². The molecule has 1 fully saturated rings. The first-order chi connectivity index (χ1) is 10.1. The van der Waals surface area contributed by atoms with Crippen molar-refractivity contribution in [3.8, 4) is 0 Å². The molecule has 3 rings (SSSR count). The quantitative estimate of drug-likeness (QED) is 0.833. The van der Waals surface area contributed by atoms with Crippen molar-refractivity contribution in [3.63, 3.8) is 0 Å². The lowest BCUT2D eigenvalue weighted by molar-refractivity contribution is -0.113. The van der Waals surface area contributed by atoms with Gasteiger partial charge in [-0.3, -0.25) is 9.89 Å². The lowest BCUT2D eigenvalue weighted by Gasteiger charge is -2.09. The minimum atomic E-state index is -0.0357. The van der Waals surface area contributed by atoms with E-state index in [-0.39, 0.29) is 5.91 Å². The Kier molecular flexibility index (Phi) is 3.96. The summed E-state index contributed by atoms with van der Waals surface area (Å²) < 4.78 is 0. The number of rotatable bonds is 5. The second-order valence-electron chi connectivity index (χ2n) is 5.36. The van der Waals surface area contributed by atoms with Gasteiger partial charge in [0.25, 0.3) is 0 Å². The van der Waals surface area contributed by atoms with Crippen LogP contribution in [0, 0.1) is 13.8 Å². The zero-order valence-corrected chi connectivity index (χ0v) is 13.0. The summed E-state index contributed by atoms with van der Waals surface area (Å²) in [5.74, 6) is 1.78. The van der Waals surface area contributed by atoms with Crippen molar-refractivity contribution in [2.75, 3.05) is 11.1 Å². The third kappa shape index (κ3) is 3.44. The van der Waals surface area contributed by atoms with Gasteiger partial charge in [0.2, 0.25) is 11.1 Å². The Hall–Kier alpha value is -1.82. The van der Waals surface area contributed by atoms with Crippen LogP contribution in [0.4, 0.5) is 5.69 Å². The molecule has 0 unspecified atom stereocenters. The zero-order valence-electron chi connectivity index (χ0n) is 12.1. The van der Waals surface area contributed by atoms with Crippen molar-refractivity contribution >= 4 is 23.4 Å². The maximum Gasteiger partial charge on any atom is 0.234 e.